The molecule has 1 aromatic heterocycles. The molecule has 0 aliphatic heterocycles. The Morgan fingerprint density at radius 3 is 2.85 bits per heavy atom. The molecule has 0 saturated carbocycles. The van der Waals surface area contributed by atoms with Gasteiger partial charge in [-0.3, -0.25) is 4.79 Å². The van der Waals surface area contributed by atoms with Gasteiger partial charge >= 0.3 is 0 Å². The van der Waals surface area contributed by atoms with Crippen LogP contribution in [0.15, 0.2) is 12.3 Å². The van der Waals surface area contributed by atoms with Crippen molar-refractivity contribution in [1.29, 1.82) is 0 Å². The smallest absolute Gasteiger partial charge is 0.235 e. The van der Waals surface area contributed by atoms with Crippen LogP contribution >= 0.6 is 23.2 Å². The second-order valence-electron chi connectivity index (χ2n) is 2.67. The highest BCUT2D eigenvalue weighted by molar-refractivity contribution is 6.30. The summed E-state index contributed by atoms with van der Waals surface area (Å²) in [5.41, 5.74) is 0.948. The number of carbonyl (C=O) groups excluding carboxylic acids is 1. The highest BCUT2D eigenvalue weighted by Crippen LogP contribution is 2.12. The lowest BCUT2D eigenvalue weighted by Gasteiger charge is -2.03. The van der Waals surface area contributed by atoms with E-state index in [1.807, 2.05) is 11.6 Å². The van der Waals surface area contributed by atoms with E-state index in [2.05, 4.69) is 5.32 Å². The van der Waals surface area contributed by atoms with Crippen molar-refractivity contribution in [2.24, 2.45) is 7.05 Å². The third-order valence-corrected chi connectivity index (χ3v) is 2.11. The SMILES string of the molecule is Cn1cc(Cl)cc1CNC(=O)CCl. The average Bonchev–Trinajstić information content (AvgIpc) is 2.41. The van der Waals surface area contributed by atoms with Crippen LogP contribution in [0.3, 0.4) is 0 Å². The first-order chi connectivity index (χ1) is 6.13. The zero-order valence-electron chi connectivity index (χ0n) is 7.18. The van der Waals surface area contributed by atoms with Gasteiger partial charge in [-0.15, -0.1) is 11.6 Å². The Kier molecular flexibility index (Phi) is 3.63. The van der Waals surface area contributed by atoms with Crippen molar-refractivity contribution < 1.29 is 4.79 Å². The van der Waals surface area contributed by atoms with Crippen molar-refractivity contribution >= 4 is 29.1 Å². The van der Waals surface area contributed by atoms with Crippen LogP contribution in [-0.4, -0.2) is 16.4 Å². The molecule has 0 fully saturated rings. The van der Waals surface area contributed by atoms with Crippen molar-refractivity contribution in [2.45, 2.75) is 6.54 Å². The standard InChI is InChI=1S/C8H10Cl2N2O/c1-12-5-6(10)2-7(12)4-11-8(13)3-9/h2,5H,3-4H2,1H3,(H,11,13). The normalized spacial score (nSPS) is 10.1. The average molecular weight is 221 g/mol. The van der Waals surface area contributed by atoms with Gasteiger partial charge in [-0.2, -0.15) is 0 Å². The van der Waals surface area contributed by atoms with E-state index in [1.165, 1.54) is 0 Å². The summed E-state index contributed by atoms with van der Waals surface area (Å²) >= 11 is 11.1. The van der Waals surface area contributed by atoms with Crippen molar-refractivity contribution in [3.8, 4) is 0 Å². The van der Waals surface area contributed by atoms with Gasteiger partial charge in [0.1, 0.15) is 5.88 Å². The van der Waals surface area contributed by atoms with Gasteiger partial charge in [0.05, 0.1) is 11.6 Å². The van der Waals surface area contributed by atoms with Crippen LogP contribution in [0.4, 0.5) is 0 Å². The highest BCUT2D eigenvalue weighted by atomic mass is 35.5. The minimum Gasteiger partial charge on any atom is -0.351 e. The molecule has 13 heavy (non-hydrogen) atoms. The lowest BCUT2D eigenvalue weighted by atomic mass is 10.4. The maximum atomic E-state index is 10.8. The molecule has 0 bridgehead atoms. The van der Waals surface area contributed by atoms with Gasteiger partial charge in [-0.05, 0) is 6.07 Å². The first kappa shape index (κ1) is 10.4. The summed E-state index contributed by atoms with van der Waals surface area (Å²) in [5, 5.41) is 3.32. The van der Waals surface area contributed by atoms with Crippen molar-refractivity contribution in [3.63, 3.8) is 0 Å². The van der Waals surface area contributed by atoms with Gasteiger partial charge in [-0.25, -0.2) is 0 Å². The Labute approximate surface area is 86.6 Å². The number of rotatable bonds is 3. The van der Waals surface area contributed by atoms with Gasteiger partial charge in [0.25, 0.3) is 0 Å². The predicted octanol–water partition coefficient (Wildman–Crippen LogP) is 1.53. The summed E-state index contributed by atoms with van der Waals surface area (Å²) in [7, 11) is 1.87. The number of hydrogen-bond donors (Lipinski definition) is 1. The number of amides is 1. The Morgan fingerprint density at radius 1 is 1.69 bits per heavy atom. The molecule has 0 spiro atoms. The van der Waals surface area contributed by atoms with E-state index < -0.39 is 0 Å². The van der Waals surface area contributed by atoms with Gasteiger partial charge in [0, 0.05) is 18.9 Å². The molecule has 0 aliphatic rings. The lowest BCUT2D eigenvalue weighted by molar-refractivity contribution is -0.118. The molecule has 5 heteroatoms. The Balaban J connectivity index is 2.54. The molecule has 0 radical (unpaired) electrons. The van der Waals surface area contributed by atoms with E-state index in [-0.39, 0.29) is 11.8 Å². The van der Waals surface area contributed by atoms with E-state index in [9.17, 15) is 4.79 Å². The van der Waals surface area contributed by atoms with Crippen LogP contribution in [0.1, 0.15) is 5.69 Å². The number of hydrogen-bond acceptors (Lipinski definition) is 1. The molecular weight excluding hydrogens is 211 g/mol. The first-order valence-electron chi connectivity index (χ1n) is 3.77. The number of carbonyl (C=O) groups is 1. The van der Waals surface area contributed by atoms with Crippen LogP contribution in [0.2, 0.25) is 5.02 Å². The van der Waals surface area contributed by atoms with E-state index in [0.29, 0.717) is 11.6 Å². The second kappa shape index (κ2) is 4.53. The molecular formula is C8H10Cl2N2O. The van der Waals surface area contributed by atoms with Gasteiger partial charge < -0.3 is 9.88 Å². The van der Waals surface area contributed by atoms with Crippen molar-refractivity contribution in [1.82, 2.24) is 9.88 Å². The minimum absolute atomic E-state index is 0.0157. The Bertz CT molecular complexity index is 309. The van der Waals surface area contributed by atoms with Crippen LogP contribution < -0.4 is 5.32 Å². The zero-order chi connectivity index (χ0) is 9.84. The first-order valence-corrected chi connectivity index (χ1v) is 4.68. The van der Waals surface area contributed by atoms with Crippen molar-refractivity contribution in [2.75, 3.05) is 5.88 Å². The number of nitrogens with zero attached hydrogens (tertiary/aromatic N) is 1. The monoisotopic (exact) mass is 220 g/mol. The highest BCUT2D eigenvalue weighted by Gasteiger charge is 2.03. The van der Waals surface area contributed by atoms with E-state index in [1.54, 1.807) is 12.3 Å². The number of halogens is 2. The molecule has 0 saturated heterocycles. The molecule has 3 nitrogen and oxygen atoms in total. The molecule has 1 heterocycles. The van der Waals surface area contributed by atoms with Crippen LogP contribution in [0, 0.1) is 0 Å². The molecule has 1 rings (SSSR count). The molecule has 1 aromatic rings. The van der Waals surface area contributed by atoms with E-state index in [4.69, 9.17) is 23.2 Å². The summed E-state index contributed by atoms with van der Waals surface area (Å²) in [6.45, 7) is 0.453. The Morgan fingerprint density at radius 2 is 2.38 bits per heavy atom. The summed E-state index contributed by atoms with van der Waals surface area (Å²) in [5.74, 6) is -0.197. The van der Waals surface area contributed by atoms with Crippen LogP contribution in [0.5, 0.6) is 0 Å². The van der Waals surface area contributed by atoms with Gasteiger partial charge in [0.15, 0.2) is 0 Å². The van der Waals surface area contributed by atoms with Crippen LogP contribution in [0.25, 0.3) is 0 Å². The summed E-state index contributed by atoms with van der Waals surface area (Å²) < 4.78 is 1.86. The largest absolute Gasteiger partial charge is 0.351 e. The third kappa shape index (κ3) is 2.94. The molecule has 0 unspecified atom stereocenters. The fraction of sp³-hybridized carbons (Fsp3) is 0.375. The third-order valence-electron chi connectivity index (χ3n) is 1.66. The second-order valence-corrected chi connectivity index (χ2v) is 3.37. The number of alkyl halides is 1. The predicted molar refractivity (Wildman–Crippen MR) is 53.0 cm³/mol. The lowest BCUT2D eigenvalue weighted by Crippen LogP contribution is -2.24. The van der Waals surface area contributed by atoms with E-state index >= 15 is 0 Å². The minimum atomic E-state index is -0.181. The fourth-order valence-electron chi connectivity index (χ4n) is 0.978. The number of aromatic nitrogens is 1. The summed E-state index contributed by atoms with van der Waals surface area (Å²) in [6.07, 6.45) is 1.78. The number of aryl methyl sites for hydroxylation is 1. The molecule has 0 aliphatic carbocycles. The molecule has 1 N–H and O–H groups in total. The quantitative estimate of drug-likeness (QED) is 0.771. The topological polar surface area (TPSA) is 34.0 Å². The summed E-state index contributed by atoms with van der Waals surface area (Å²) in [4.78, 5) is 10.8. The van der Waals surface area contributed by atoms with E-state index in [0.717, 1.165) is 5.69 Å². The van der Waals surface area contributed by atoms with Gasteiger partial charge in [0.2, 0.25) is 5.91 Å². The molecule has 72 valence electrons. The molecule has 0 atom stereocenters. The van der Waals surface area contributed by atoms with Crippen LogP contribution in [-0.2, 0) is 18.4 Å². The Hall–Kier alpha value is -0.670. The molecule has 1 amide bonds. The summed E-state index contributed by atoms with van der Waals surface area (Å²) in [6, 6.07) is 1.80. The maximum absolute atomic E-state index is 10.8. The zero-order valence-corrected chi connectivity index (χ0v) is 8.69. The molecule has 0 aromatic carbocycles. The number of nitrogens with one attached hydrogen (secondary N) is 1. The van der Waals surface area contributed by atoms with Crippen molar-refractivity contribution in [3.05, 3.63) is 23.0 Å². The van der Waals surface area contributed by atoms with Gasteiger partial charge in [-0.1, -0.05) is 11.6 Å². The maximum Gasteiger partial charge on any atom is 0.235 e. The fourth-order valence-corrected chi connectivity index (χ4v) is 1.35.